The molecule has 1 aliphatic carbocycles. The molecule has 0 amide bonds. The van der Waals surface area contributed by atoms with E-state index >= 15 is 0 Å². The average molecular weight is 780 g/mol. The van der Waals surface area contributed by atoms with Gasteiger partial charge in [-0.15, -0.1) is 0 Å². The molecule has 0 bridgehead atoms. The monoisotopic (exact) mass is 779 g/mol. The summed E-state index contributed by atoms with van der Waals surface area (Å²) in [6.07, 6.45) is 9.18. The first-order valence-corrected chi connectivity index (χ1v) is 21.3. The molecular formula is C60H45N. The average Bonchev–Trinajstić information content (AvgIpc) is 3.35. The maximum Gasteiger partial charge on any atom is 0.0467 e. The van der Waals surface area contributed by atoms with Gasteiger partial charge in [-0.05, 0) is 133 Å². The van der Waals surface area contributed by atoms with Crippen LogP contribution >= 0.6 is 0 Å². The van der Waals surface area contributed by atoms with Gasteiger partial charge in [0.05, 0.1) is 0 Å². The fourth-order valence-corrected chi connectivity index (χ4v) is 8.98. The zero-order valence-corrected chi connectivity index (χ0v) is 34.0. The van der Waals surface area contributed by atoms with E-state index < -0.39 is 0 Å². The smallest absolute Gasteiger partial charge is 0.0467 e. The highest BCUT2D eigenvalue weighted by molar-refractivity contribution is 6.13. The molecule has 61 heavy (non-hydrogen) atoms. The standard InChI is InChI=1S/C60H45N/c1-8-24-44(25-9-1)55-56(45-26-10-2-11-27-45)58(47-30-14-4-15-31-47)60(59(48-32-16-5-17-33-48)57(55)46-28-12-3-13-29-46)51-36-22-34-49(42-51)50-35-23-41-54(43-50)61(52-37-18-6-19-38-52)53-39-20-7-21-40-53/h1-2,4-12,14-43H,3,13H2. The summed E-state index contributed by atoms with van der Waals surface area (Å²) in [6, 6.07) is 83.6. The summed E-state index contributed by atoms with van der Waals surface area (Å²) in [7, 11) is 0. The third-order valence-electron chi connectivity index (χ3n) is 11.7. The van der Waals surface area contributed by atoms with Crippen LogP contribution in [-0.2, 0) is 0 Å². The lowest BCUT2D eigenvalue weighted by Crippen LogP contribution is -2.09. The van der Waals surface area contributed by atoms with Crippen LogP contribution in [0.5, 0.6) is 0 Å². The molecule has 0 fully saturated rings. The second-order valence-corrected chi connectivity index (χ2v) is 15.5. The first-order valence-electron chi connectivity index (χ1n) is 21.3. The van der Waals surface area contributed by atoms with Gasteiger partial charge in [-0.25, -0.2) is 0 Å². The Balaban J connectivity index is 1.30. The summed E-state index contributed by atoms with van der Waals surface area (Å²) < 4.78 is 0. The predicted octanol–water partition coefficient (Wildman–Crippen LogP) is 16.9. The molecule has 290 valence electrons. The highest BCUT2D eigenvalue weighted by Crippen LogP contribution is 2.55. The summed E-state index contributed by atoms with van der Waals surface area (Å²) >= 11 is 0. The Bertz CT molecular complexity index is 2930. The summed E-state index contributed by atoms with van der Waals surface area (Å²) in [5.74, 6) is 0. The van der Waals surface area contributed by atoms with Crippen molar-refractivity contribution in [2.45, 2.75) is 12.8 Å². The predicted molar refractivity (Wildman–Crippen MR) is 260 cm³/mol. The Morgan fingerprint density at radius 1 is 0.262 bits per heavy atom. The van der Waals surface area contributed by atoms with Crippen LogP contribution in [0.15, 0.2) is 249 Å². The second kappa shape index (κ2) is 17.2. The van der Waals surface area contributed by atoms with Crippen LogP contribution < -0.4 is 4.90 Å². The molecule has 0 saturated heterocycles. The number of para-hydroxylation sites is 2. The van der Waals surface area contributed by atoms with Crippen molar-refractivity contribution in [3.63, 3.8) is 0 Å². The number of hydrogen-bond acceptors (Lipinski definition) is 1. The van der Waals surface area contributed by atoms with Crippen LogP contribution in [-0.4, -0.2) is 0 Å². The van der Waals surface area contributed by atoms with Gasteiger partial charge in [-0.2, -0.15) is 0 Å². The first kappa shape index (κ1) is 37.5. The number of hydrogen-bond donors (Lipinski definition) is 0. The van der Waals surface area contributed by atoms with Crippen molar-refractivity contribution in [3.05, 3.63) is 254 Å². The molecule has 0 saturated carbocycles. The van der Waals surface area contributed by atoms with Gasteiger partial charge < -0.3 is 4.90 Å². The first-order chi connectivity index (χ1) is 30.3. The number of benzene rings is 9. The van der Waals surface area contributed by atoms with Crippen molar-refractivity contribution >= 4 is 22.6 Å². The molecule has 0 aromatic heterocycles. The molecule has 1 aliphatic rings. The minimum absolute atomic E-state index is 1.000. The summed E-state index contributed by atoms with van der Waals surface area (Å²) in [6.45, 7) is 0. The van der Waals surface area contributed by atoms with E-state index in [1.54, 1.807) is 0 Å². The van der Waals surface area contributed by atoms with Crippen LogP contribution in [0.1, 0.15) is 18.4 Å². The summed E-state index contributed by atoms with van der Waals surface area (Å²) in [5, 5.41) is 0. The lowest BCUT2D eigenvalue weighted by molar-refractivity contribution is 1.04. The maximum atomic E-state index is 2.45. The maximum absolute atomic E-state index is 2.45. The summed E-state index contributed by atoms with van der Waals surface area (Å²) in [4.78, 5) is 2.33. The number of anilines is 3. The van der Waals surface area contributed by atoms with Crippen LogP contribution in [0.3, 0.4) is 0 Å². The lowest BCUT2D eigenvalue weighted by Gasteiger charge is -2.29. The van der Waals surface area contributed by atoms with Crippen molar-refractivity contribution in [3.8, 4) is 66.8 Å². The topological polar surface area (TPSA) is 3.24 Å². The quantitative estimate of drug-likeness (QED) is 0.134. The van der Waals surface area contributed by atoms with Crippen LogP contribution in [0.2, 0.25) is 0 Å². The van der Waals surface area contributed by atoms with Crippen molar-refractivity contribution in [2.75, 3.05) is 4.90 Å². The molecule has 9 aromatic carbocycles. The van der Waals surface area contributed by atoms with E-state index in [2.05, 4.69) is 254 Å². The fourth-order valence-electron chi connectivity index (χ4n) is 8.98. The largest absolute Gasteiger partial charge is 0.310 e. The molecule has 9 aromatic rings. The van der Waals surface area contributed by atoms with Crippen molar-refractivity contribution in [1.29, 1.82) is 0 Å². The zero-order valence-electron chi connectivity index (χ0n) is 34.0. The third-order valence-corrected chi connectivity index (χ3v) is 11.7. The molecular weight excluding hydrogens is 735 g/mol. The van der Waals surface area contributed by atoms with Gasteiger partial charge in [-0.3, -0.25) is 0 Å². The molecule has 1 nitrogen and oxygen atoms in total. The molecule has 0 radical (unpaired) electrons. The minimum atomic E-state index is 1.000. The highest BCUT2D eigenvalue weighted by Gasteiger charge is 2.29. The molecule has 0 spiro atoms. The van der Waals surface area contributed by atoms with Crippen LogP contribution in [0.25, 0.3) is 72.3 Å². The van der Waals surface area contributed by atoms with Gasteiger partial charge in [0, 0.05) is 17.1 Å². The summed E-state index contributed by atoms with van der Waals surface area (Å²) in [5.41, 5.74) is 20.2. The molecule has 0 unspecified atom stereocenters. The van der Waals surface area contributed by atoms with Crippen molar-refractivity contribution < 1.29 is 0 Å². The highest BCUT2D eigenvalue weighted by atomic mass is 15.1. The van der Waals surface area contributed by atoms with Gasteiger partial charge in [0.15, 0.2) is 0 Å². The lowest BCUT2D eigenvalue weighted by atomic mass is 9.73. The normalized spacial score (nSPS) is 12.2. The van der Waals surface area contributed by atoms with E-state index in [0.29, 0.717) is 0 Å². The number of rotatable bonds is 10. The molecule has 1 heteroatoms. The SMILES string of the molecule is C1=CC(c2c(-c3ccccc3)c(-c3ccccc3)c(-c3ccccc3)c(-c3cccc(-c4cccc(N(c5ccccc5)c5ccccc5)c4)c3)c2-c2ccccc2)=CCC1. The molecule has 10 rings (SSSR count). The molecule has 0 heterocycles. The van der Waals surface area contributed by atoms with Gasteiger partial charge >= 0.3 is 0 Å². The number of allylic oxidation sites excluding steroid dienone is 4. The number of nitrogens with zero attached hydrogens (tertiary/aromatic N) is 1. The van der Waals surface area contributed by atoms with E-state index in [9.17, 15) is 0 Å². The fraction of sp³-hybridized carbons (Fsp3) is 0.0333. The van der Waals surface area contributed by atoms with Crippen LogP contribution in [0, 0.1) is 0 Å². The molecule has 0 atom stereocenters. The van der Waals surface area contributed by atoms with Gasteiger partial charge in [0.25, 0.3) is 0 Å². The Kier molecular flexibility index (Phi) is 10.6. The van der Waals surface area contributed by atoms with Gasteiger partial charge in [0.2, 0.25) is 0 Å². The second-order valence-electron chi connectivity index (χ2n) is 15.5. The Labute approximate surface area is 359 Å². The minimum Gasteiger partial charge on any atom is -0.310 e. The Morgan fingerprint density at radius 3 is 1.05 bits per heavy atom. The van der Waals surface area contributed by atoms with E-state index in [1.807, 2.05) is 0 Å². The van der Waals surface area contributed by atoms with E-state index in [-0.39, 0.29) is 0 Å². The van der Waals surface area contributed by atoms with E-state index in [4.69, 9.17) is 0 Å². The van der Waals surface area contributed by atoms with Crippen molar-refractivity contribution in [1.82, 2.24) is 0 Å². The zero-order chi connectivity index (χ0) is 40.8. The molecule has 0 N–H and O–H groups in total. The van der Waals surface area contributed by atoms with E-state index in [1.165, 1.54) is 66.8 Å². The van der Waals surface area contributed by atoms with Crippen molar-refractivity contribution in [2.24, 2.45) is 0 Å². The Morgan fingerprint density at radius 2 is 0.607 bits per heavy atom. The van der Waals surface area contributed by atoms with Gasteiger partial charge in [0.1, 0.15) is 0 Å². The molecule has 0 aliphatic heterocycles. The van der Waals surface area contributed by atoms with E-state index in [0.717, 1.165) is 41.0 Å². The van der Waals surface area contributed by atoms with Crippen LogP contribution in [0.4, 0.5) is 17.1 Å². The van der Waals surface area contributed by atoms with Gasteiger partial charge in [-0.1, -0.05) is 206 Å². The Hall–Kier alpha value is -7.74. The third kappa shape index (κ3) is 7.55.